The highest BCUT2D eigenvalue weighted by Crippen LogP contribution is 2.38. The molecule has 2 aromatic rings. The summed E-state index contributed by atoms with van der Waals surface area (Å²) >= 11 is 6.11. The molecule has 0 aliphatic carbocycles. The average Bonchev–Trinajstić information content (AvgIpc) is 2.67. The number of carbonyl (C=O) groups excluding carboxylic acids is 1. The number of fused-ring (bicyclic) bond motifs is 1. The highest BCUT2D eigenvalue weighted by molar-refractivity contribution is 7.92. The Kier molecular flexibility index (Phi) is 6.10. The molecule has 0 radical (unpaired) electrons. The first-order valence-corrected chi connectivity index (χ1v) is 11.3. The zero-order chi connectivity index (χ0) is 21.3. The molecule has 0 unspecified atom stereocenters. The number of hydrogen-bond donors (Lipinski definition) is 1. The van der Waals surface area contributed by atoms with E-state index >= 15 is 0 Å². The maximum atomic E-state index is 13.4. The monoisotopic (exact) mass is 436 g/mol. The van der Waals surface area contributed by atoms with Gasteiger partial charge in [0.2, 0.25) is 0 Å². The van der Waals surface area contributed by atoms with Crippen LogP contribution in [0.25, 0.3) is 0 Å². The van der Waals surface area contributed by atoms with Crippen LogP contribution in [-0.2, 0) is 14.8 Å². The number of nitrogens with zero attached hydrogens (tertiary/aromatic N) is 1. The van der Waals surface area contributed by atoms with Crippen LogP contribution in [0.4, 0.5) is 5.69 Å². The summed E-state index contributed by atoms with van der Waals surface area (Å²) in [4.78, 5) is 12.9. The third-order valence-corrected chi connectivity index (χ3v) is 7.09. The molecule has 29 heavy (non-hydrogen) atoms. The Morgan fingerprint density at radius 1 is 1.17 bits per heavy atom. The van der Waals surface area contributed by atoms with Crippen molar-refractivity contribution in [3.8, 4) is 5.75 Å². The van der Waals surface area contributed by atoms with Crippen LogP contribution in [0, 0.1) is 12.8 Å². The Morgan fingerprint density at radius 2 is 1.83 bits per heavy atom. The van der Waals surface area contributed by atoms with Gasteiger partial charge in [-0.05, 0) is 50.1 Å². The van der Waals surface area contributed by atoms with Gasteiger partial charge in [-0.1, -0.05) is 43.1 Å². The molecule has 1 heterocycles. The second kappa shape index (κ2) is 8.24. The molecule has 8 heteroatoms. The largest absolute Gasteiger partial charge is 0.476 e. The number of ether oxygens (including phenoxy) is 1. The van der Waals surface area contributed by atoms with Gasteiger partial charge in [0.05, 0.1) is 17.1 Å². The Morgan fingerprint density at radius 3 is 2.45 bits per heavy atom. The van der Waals surface area contributed by atoms with E-state index in [1.54, 1.807) is 36.4 Å². The minimum Gasteiger partial charge on any atom is -0.476 e. The van der Waals surface area contributed by atoms with Crippen molar-refractivity contribution in [2.24, 2.45) is 5.92 Å². The molecule has 1 aliphatic rings. The zero-order valence-electron chi connectivity index (χ0n) is 16.8. The summed E-state index contributed by atoms with van der Waals surface area (Å²) in [6.45, 7) is 7.65. The molecule has 156 valence electrons. The smallest absolute Gasteiger partial charge is 0.264 e. The molecular weight excluding hydrogens is 412 g/mol. The van der Waals surface area contributed by atoms with Crippen LogP contribution >= 0.6 is 11.6 Å². The quantitative estimate of drug-likeness (QED) is 0.774. The van der Waals surface area contributed by atoms with Gasteiger partial charge in [0.25, 0.3) is 15.9 Å². The first kappa shape index (κ1) is 21.5. The van der Waals surface area contributed by atoms with Gasteiger partial charge in [0, 0.05) is 11.1 Å². The fraction of sp³-hybridized carbons (Fsp3) is 0.381. The third-order valence-electron chi connectivity index (χ3n) is 5.06. The van der Waals surface area contributed by atoms with Crippen LogP contribution in [0.3, 0.4) is 0 Å². The molecule has 0 spiro atoms. The first-order chi connectivity index (χ1) is 13.6. The van der Waals surface area contributed by atoms with Gasteiger partial charge in [0.15, 0.2) is 6.10 Å². The van der Waals surface area contributed by atoms with Gasteiger partial charge in [-0.2, -0.15) is 0 Å². The Labute approximate surface area is 176 Å². The molecular formula is C21H25ClN2O4S. The number of aryl methyl sites for hydroxylation is 1. The zero-order valence-corrected chi connectivity index (χ0v) is 18.4. The van der Waals surface area contributed by atoms with Crippen LogP contribution in [0.1, 0.15) is 26.3 Å². The van der Waals surface area contributed by atoms with E-state index in [1.165, 1.54) is 10.4 Å². The lowest BCUT2D eigenvalue weighted by atomic mass is 10.1. The molecule has 0 saturated heterocycles. The van der Waals surface area contributed by atoms with Crippen molar-refractivity contribution in [3.63, 3.8) is 0 Å². The van der Waals surface area contributed by atoms with Crippen LogP contribution in [0.15, 0.2) is 47.4 Å². The van der Waals surface area contributed by atoms with Crippen molar-refractivity contribution in [2.75, 3.05) is 10.8 Å². The Bertz CT molecular complexity index is 1010. The second-order valence-corrected chi connectivity index (χ2v) is 9.91. The maximum Gasteiger partial charge on any atom is 0.264 e. The van der Waals surface area contributed by atoms with Gasteiger partial charge in [0.1, 0.15) is 5.75 Å². The van der Waals surface area contributed by atoms with Gasteiger partial charge in [-0.15, -0.1) is 0 Å². The van der Waals surface area contributed by atoms with E-state index in [4.69, 9.17) is 16.3 Å². The Hall–Kier alpha value is -2.25. The molecule has 2 atom stereocenters. The predicted molar refractivity (Wildman–Crippen MR) is 114 cm³/mol. The normalized spacial score (nSPS) is 17.4. The van der Waals surface area contributed by atoms with Gasteiger partial charge in [-0.3, -0.25) is 9.10 Å². The van der Waals surface area contributed by atoms with Crippen LogP contribution in [0.2, 0.25) is 5.02 Å². The van der Waals surface area contributed by atoms with Crippen LogP contribution < -0.4 is 14.4 Å². The van der Waals surface area contributed by atoms with Crippen LogP contribution in [0.5, 0.6) is 5.75 Å². The number of sulfonamides is 1. The van der Waals surface area contributed by atoms with Gasteiger partial charge < -0.3 is 10.1 Å². The predicted octanol–water partition coefficient (Wildman–Crippen LogP) is 3.77. The fourth-order valence-corrected chi connectivity index (χ4v) is 4.54. The number of rotatable bonds is 5. The average molecular weight is 437 g/mol. The summed E-state index contributed by atoms with van der Waals surface area (Å²) in [5.41, 5.74) is 1.27. The maximum absolute atomic E-state index is 13.4. The van der Waals surface area contributed by atoms with E-state index in [0.717, 1.165) is 5.56 Å². The van der Waals surface area contributed by atoms with E-state index < -0.39 is 16.1 Å². The highest BCUT2D eigenvalue weighted by atomic mass is 35.5. The molecule has 2 aromatic carbocycles. The minimum absolute atomic E-state index is 0.0696. The molecule has 0 saturated carbocycles. The molecule has 0 bridgehead atoms. The number of benzene rings is 2. The summed E-state index contributed by atoms with van der Waals surface area (Å²) < 4.78 is 33.8. The lowest BCUT2D eigenvalue weighted by Gasteiger charge is -2.35. The summed E-state index contributed by atoms with van der Waals surface area (Å²) in [5.74, 6) is 0.186. The van der Waals surface area contributed by atoms with Crippen molar-refractivity contribution in [1.82, 2.24) is 5.32 Å². The van der Waals surface area contributed by atoms with Crippen LogP contribution in [-0.4, -0.2) is 33.0 Å². The van der Waals surface area contributed by atoms with Crippen molar-refractivity contribution < 1.29 is 17.9 Å². The summed E-state index contributed by atoms with van der Waals surface area (Å²) in [5, 5.41) is 3.28. The van der Waals surface area contributed by atoms with E-state index in [-0.39, 0.29) is 29.3 Å². The van der Waals surface area contributed by atoms with Crippen molar-refractivity contribution >= 4 is 33.2 Å². The summed E-state index contributed by atoms with van der Waals surface area (Å²) in [6, 6.07) is 11.2. The first-order valence-electron chi connectivity index (χ1n) is 9.45. The molecule has 1 aliphatic heterocycles. The van der Waals surface area contributed by atoms with E-state index in [1.807, 2.05) is 27.7 Å². The molecule has 6 nitrogen and oxygen atoms in total. The number of hydrogen-bond acceptors (Lipinski definition) is 4. The third kappa shape index (κ3) is 4.51. The fourth-order valence-electron chi connectivity index (χ4n) is 2.91. The standard InChI is InChI=1S/C21H25ClN2O4S/c1-13(2)15(4)23-21(25)20-12-24(18-11-16(22)7-10-19(18)28-20)29(26,27)17-8-5-14(3)6-9-17/h5-11,13,15,20H,12H2,1-4H3,(H,23,25)/t15-,20-/m0/s1. The van der Waals surface area contributed by atoms with Gasteiger partial charge in [-0.25, -0.2) is 8.42 Å². The number of nitrogens with one attached hydrogen (secondary N) is 1. The molecule has 0 aromatic heterocycles. The molecule has 1 amide bonds. The SMILES string of the molecule is Cc1ccc(S(=O)(=O)N2C[C@@H](C(=O)N[C@@H](C)C(C)C)Oc3ccc(Cl)cc32)cc1. The molecule has 1 N–H and O–H groups in total. The molecule has 0 fully saturated rings. The number of amides is 1. The Balaban J connectivity index is 1.99. The van der Waals surface area contributed by atoms with Gasteiger partial charge >= 0.3 is 0 Å². The summed E-state index contributed by atoms with van der Waals surface area (Å²) in [6.07, 6.45) is -0.968. The number of carbonyl (C=O) groups is 1. The van der Waals surface area contributed by atoms with Crippen molar-refractivity contribution in [3.05, 3.63) is 53.1 Å². The molecule has 3 rings (SSSR count). The lowest BCUT2D eigenvalue weighted by molar-refractivity contribution is -0.128. The minimum atomic E-state index is -3.91. The van der Waals surface area contributed by atoms with E-state index in [9.17, 15) is 13.2 Å². The van der Waals surface area contributed by atoms with Crippen molar-refractivity contribution in [2.45, 2.75) is 44.7 Å². The van der Waals surface area contributed by atoms with E-state index in [2.05, 4.69) is 5.32 Å². The number of anilines is 1. The second-order valence-electron chi connectivity index (χ2n) is 7.61. The number of halogens is 1. The van der Waals surface area contributed by atoms with Crippen molar-refractivity contribution in [1.29, 1.82) is 0 Å². The van der Waals surface area contributed by atoms with E-state index in [0.29, 0.717) is 16.5 Å². The highest BCUT2D eigenvalue weighted by Gasteiger charge is 2.38. The topological polar surface area (TPSA) is 75.7 Å². The lowest BCUT2D eigenvalue weighted by Crippen LogP contribution is -2.52. The summed E-state index contributed by atoms with van der Waals surface area (Å²) in [7, 11) is -3.91.